The van der Waals surface area contributed by atoms with Crippen molar-refractivity contribution < 1.29 is 9.69 Å². The number of likely N-dealkylation sites (tertiary alicyclic amines) is 2. The van der Waals surface area contributed by atoms with Crippen LogP contribution in [-0.2, 0) is 4.79 Å². The Morgan fingerprint density at radius 1 is 1.25 bits per heavy atom. The first-order valence-corrected chi connectivity index (χ1v) is 6.95. The molecule has 2 saturated heterocycles. The number of hydrogen-bond acceptors (Lipinski definition) is 1. The van der Waals surface area contributed by atoms with Gasteiger partial charge in [0.2, 0.25) is 5.91 Å². The van der Waals surface area contributed by atoms with Gasteiger partial charge in [0.05, 0.1) is 19.6 Å². The van der Waals surface area contributed by atoms with Gasteiger partial charge in [0.1, 0.15) is 5.38 Å². The molecule has 0 spiro atoms. The molecule has 2 aliphatic rings. The molecule has 3 nitrogen and oxygen atoms in total. The molecule has 0 radical (unpaired) electrons. The van der Waals surface area contributed by atoms with E-state index in [2.05, 4.69) is 0 Å². The lowest BCUT2D eigenvalue weighted by atomic mass is 10.1. The summed E-state index contributed by atoms with van der Waals surface area (Å²) in [6.45, 7) is 5.21. The molecule has 0 bridgehead atoms. The second-order valence-corrected chi connectivity index (χ2v) is 5.67. The third-order valence-corrected chi connectivity index (χ3v) is 3.95. The van der Waals surface area contributed by atoms with Crippen molar-refractivity contribution in [2.45, 2.75) is 37.5 Å². The van der Waals surface area contributed by atoms with Crippen LogP contribution in [0.25, 0.3) is 0 Å². The van der Waals surface area contributed by atoms with Crippen LogP contribution in [0.3, 0.4) is 0 Å². The molecule has 2 aliphatic heterocycles. The lowest BCUT2D eigenvalue weighted by Crippen LogP contribution is -3.13. The average Bonchev–Trinajstić information content (AvgIpc) is 2.66. The molecule has 0 saturated carbocycles. The minimum Gasteiger partial charge on any atom is -0.341 e. The van der Waals surface area contributed by atoms with Gasteiger partial charge in [-0.25, -0.2) is 0 Å². The minimum atomic E-state index is 0.134. The van der Waals surface area contributed by atoms with Gasteiger partial charge >= 0.3 is 0 Å². The van der Waals surface area contributed by atoms with Crippen molar-refractivity contribution in [3.8, 4) is 0 Å². The number of carbonyl (C=O) groups excluding carboxylic acids is 1. The summed E-state index contributed by atoms with van der Waals surface area (Å²) in [6, 6.07) is 0. The Bertz CT molecular complexity index is 241. The van der Waals surface area contributed by atoms with E-state index < -0.39 is 0 Å². The molecule has 2 rings (SSSR count). The van der Waals surface area contributed by atoms with Crippen molar-refractivity contribution >= 4 is 17.5 Å². The first-order chi connectivity index (χ1) is 7.75. The predicted molar refractivity (Wildman–Crippen MR) is 64.9 cm³/mol. The number of halogens is 1. The zero-order chi connectivity index (χ0) is 11.4. The summed E-state index contributed by atoms with van der Waals surface area (Å²) in [6.07, 6.45) is 5.78. The predicted octanol–water partition coefficient (Wildman–Crippen LogP) is 0.285. The molecule has 2 fully saturated rings. The minimum absolute atomic E-state index is 0.134. The SMILES string of the molecule is O=C1CCCN1C[C@@H](Cl)C[NH+]1CCCCC1. The number of alkyl halides is 1. The van der Waals surface area contributed by atoms with Crippen LogP contribution in [0, 0.1) is 0 Å². The Balaban J connectivity index is 1.70. The van der Waals surface area contributed by atoms with Crippen LogP contribution in [0.5, 0.6) is 0 Å². The quantitative estimate of drug-likeness (QED) is 0.708. The Kier molecular flexibility index (Phi) is 4.47. The Hall–Kier alpha value is -0.280. The normalized spacial score (nSPS) is 25.1. The monoisotopic (exact) mass is 245 g/mol. The highest BCUT2D eigenvalue weighted by atomic mass is 35.5. The summed E-state index contributed by atoms with van der Waals surface area (Å²) >= 11 is 6.34. The standard InChI is InChI=1S/C12H21ClN2O/c13-11(9-14-6-2-1-3-7-14)10-15-8-4-5-12(15)16/h11H,1-10H2/p+1/t11-/m0/s1. The first kappa shape index (κ1) is 12.2. The van der Waals surface area contributed by atoms with Gasteiger partial charge in [-0.1, -0.05) is 0 Å². The summed E-state index contributed by atoms with van der Waals surface area (Å²) in [4.78, 5) is 15.0. The van der Waals surface area contributed by atoms with E-state index in [-0.39, 0.29) is 5.38 Å². The van der Waals surface area contributed by atoms with Crippen molar-refractivity contribution in [2.75, 3.05) is 32.7 Å². The molecule has 4 heteroatoms. The molecule has 0 unspecified atom stereocenters. The summed E-state index contributed by atoms with van der Waals surface area (Å²) in [5.41, 5.74) is 0. The number of rotatable bonds is 4. The van der Waals surface area contributed by atoms with E-state index in [1.54, 1.807) is 4.90 Å². The molecular weight excluding hydrogens is 224 g/mol. The smallest absolute Gasteiger partial charge is 0.222 e. The third kappa shape index (κ3) is 3.36. The van der Waals surface area contributed by atoms with Crippen molar-refractivity contribution in [2.24, 2.45) is 0 Å². The van der Waals surface area contributed by atoms with Crippen LogP contribution in [0.4, 0.5) is 0 Å². The maximum atomic E-state index is 11.5. The fourth-order valence-electron chi connectivity index (χ4n) is 2.77. The van der Waals surface area contributed by atoms with Crippen LogP contribution in [0.1, 0.15) is 32.1 Å². The van der Waals surface area contributed by atoms with Gasteiger partial charge in [0.25, 0.3) is 0 Å². The zero-order valence-corrected chi connectivity index (χ0v) is 10.6. The van der Waals surface area contributed by atoms with Gasteiger partial charge in [0.15, 0.2) is 0 Å². The van der Waals surface area contributed by atoms with Crippen LogP contribution in [0.15, 0.2) is 0 Å². The van der Waals surface area contributed by atoms with Gasteiger partial charge in [-0.05, 0) is 25.7 Å². The van der Waals surface area contributed by atoms with Gasteiger partial charge in [0, 0.05) is 19.5 Å². The Labute approximate surface area is 103 Å². The summed E-state index contributed by atoms with van der Waals surface area (Å²) in [5.74, 6) is 0.291. The second-order valence-electron chi connectivity index (χ2n) is 5.06. The number of nitrogens with one attached hydrogen (secondary N) is 1. The summed E-state index contributed by atoms with van der Waals surface area (Å²) < 4.78 is 0. The molecule has 1 atom stereocenters. The second kappa shape index (κ2) is 5.87. The van der Waals surface area contributed by atoms with E-state index in [4.69, 9.17) is 11.6 Å². The largest absolute Gasteiger partial charge is 0.341 e. The molecule has 1 amide bonds. The highest BCUT2D eigenvalue weighted by molar-refractivity contribution is 6.21. The molecule has 16 heavy (non-hydrogen) atoms. The van der Waals surface area contributed by atoms with E-state index in [9.17, 15) is 4.79 Å². The summed E-state index contributed by atoms with van der Waals surface area (Å²) in [5, 5.41) is 0.134. The molecule has 0 aromatic carbocycles. The van der Waals surface area contributed by atoms with Crippen molar-refractivity contribution in [1.29, 1.82) is 0 Å². The number of quaternary nitrogens is 1. The summed E-state index contributed by atoms with van der Waals surface area (Å²) in [7, 11) is 0. The van der Waals surface area contributed by atoms with Crippen LogP contribution >= 0.6 is 11.6 Å². The molecule has 1 N–H and O–H groups in total. The third-order valence-electron chi connectivity index (χ3n) is 3.66. The molecule has 2 heterocycles. The number of hydrogen-bond donors (Lipinski definition) is 1. The molecule has 0 aromatic rings. The van der Waals surface area contributed by atoms with Crippen LogP contribution < -0.4 is 4.90 Å². The lowest BCUT2D eigenvalue weighted by Gasteiger charge is -2.27. The number of amides is 1. The molecule has 0 aromatic heterocycles. The van der Waals surface area contributed by atoms with Gasteiger partial charge in [-0.3, -0.25) is 4.79 Å². The van der Waals surface area contributed by atoms with Crippen LogP contribution in [-0.4, -0.2) is 48.9 Å². The van der Waals surface area contributed by atoms with Crippen LogP contribution in [0.2, 0.25) is 0 Å². The highest BCUT2D eigenvalue weighted by Gasteiger charge is 2.25. The maximum absolute atomic E-state index is 11.5. The Morgan fingerprint density at radius 3 is 2.62 bits per heavy atom. The van der Waals surface area contributed by atoms with Crippen molar-refractivity contribution in [3.63, 3.8) is 0 Å². The highest BCUT2D eigenvalue weighted by Crippen LogP contribution is 2.11. The average molecular weight is 246 g/mol. The fraction of sp³-hybridized carbons (Fsp3) is 0.917. The zero-order valence-electron chi connectivity index (χ0n) is 9.88. The van der Waals surface area contributed by atoms with Crippen molar-refractivity contribution in [1.82, 2.24) is 4.90 Å². The van der Waals surface area contributed by atoms with Gasteiger partial charge in [-0.15, -0.1) is 11.6 Å². The molecular formula is C12H22ClN2O+. The number of carbonyl (C=O) groups is 1. The van der Waals surface area contributed by atoms with E-state index in [1.165, 1.54) is 32.4 Å². The Morgan fingerprint density at radius 2 is 2.00 bits per heavy atom. The topological polar surface area (TPSA) is 24.8 Å². The number of nitrogens with zero attached hydrogens (tertiary/aromatic N) is 1. The van der Waals surface area contributed by atoms with E-state index in [0.717, 1.165) is 32.5 Å². The number of piperidine rings is 1. The van der Waals surface area contributed by atoms with Crippen molar-refractivity contribution in [3.05, 3.63) is 0 Å². The first-order valence-electron chi connectivity index (χ1n) is 6.51. The molecule has 0 aliphatic carbocycles. The van der Waals surface area contributed by atoms with Gasteiger partial charge in [-0.2, -0.15) is 0 Å². The van der Waals surface area contributed by atoms with E-state index in [1.807, 2.05) is 4.90 Å². The maximum Gasteiger partial charge on any atom is 0.222 e. The van der Waals surface area contributed by atoms with E-state index in [0.29, 0.717) is 5.91 Å². The lowest BCUT2D eigenvalue weighted by molar-refractivity contribution is -0.904. The van der Waals surface area contributed by atoms with E-state index >= 15 is 0 Å². The molecule has 92 valence electrons. The fourth-order valence-corrected chi connectivity index (χ4v) is 3.15. The van der Waals surface area contributed by atoms with Gasteiger partial charge < -0.3 is 9.80 Å².